The van der Waals surface area contributed by atoms with E-state index in [0.29, 0.717) is 6.07 Å². The van der Waals surface area contributed by atoms with Gasteiger partial charge in [0.25, 0.3) is 11.5 Å². The Balaban J connectivity index is 1.92. The van der Waals surface area contributed by atoms with Gasteiger partial charge in [0.2, 0.25) is 0 Å². The number of hydrogen-bond acceptors (Lipinski definition) is 4. The predicted molar refractivity (Wildman–Crippen MR) is 92.2 cm³/mol. The van der Waals surface area contributed by atoms with Crippen molar-refractivity contribution in [1.29, 1.82) is 0 Å². The molecule has 0 aliphatic heterocycles. The van der Waals surface area contributed by atoms with E-state index in [2.05, 4.69) is 5.32 Å². The number of aromatic hydroxyl groups is 1. The molecular weight excluding hydrogens is 422 g/mol. The fourth-order valence-electron chi connectivity index (χ4n) is 2.43. The Morgan fingerprint density at radius 2 is 1.70 bits per heavy atom. The fourth-order valence-corrected chi connectivity index (χ4v) is 2.43. The van der Waals surface area contributed by atoms with Gasteiger partial charge in [0.1, 0.15) is 11.4 Å². The minimum atomic E-state index is -4.91. The first-order valence-corrected chi connectivity index (χ1v) is 8.41. The van der Waals surface area contributed by atoms with Gasteiger partial charge >= 0.3 is 12.4 Å². The Morgan fingerprint density at radius 3 is 2.23 bits per heavy atom. The largest absolute Gasteiger partial charge is 0.502 e. The van der Waals surface area contributed by atoms with Gasteiger partial charge in [0.05, 0.1) is 17.7 Å². The van der Waals surface area contributed by atoms with Crippen LogP contribution in [0.5, 0.6) is 11.5 Å². The zero-order valence-corrected chi connectivity index (χ0v) is 15.4. The van der Waals surface area contributed by atoms with Crippen LogP contribution in [0.15, 0.2) is 35.1 Å². The summed E-state index contributed by atoms with van der Waals surface area (Å²) in [5.74, 6) is -2.05. The molecule has 2 N–H and O–H groups in total. The lowest BCUT2D eigenvalue weighted by Crippen LogP contribution is -2.31. The average molecular weight is 438 g/mol. The minimum absolute atomic E-state index is 0.0119. The lowest BCUT2D eigenvalue weighted by atomic mass is 10.1. The van der Waals surface area contributed by atoms with Crippen molar-refractivity contribution in [3.63, 3.8) is 0 Å². The molecule has 1 aromatic carbocycles. The van der Waals surface area contributed by atoms with E-state index < -0.39 is 46.4 Å². The highest BCUT2D eigenvalue weighted by molar-refractivity contribution is 5.96. The molecule has 0 bridgehead atoms. The molecule has 1 aromatic heterocycles. The van der Waals surface area contributed by atoms with Crippen LogP contribution in [0.1, 0.15) is 28.0 Å². The summed E-state index contributed by atoms with van der Waals surface area (Å²) in [4.78, 5) is 23.8. The second kappa shape index (κ2) is 8.67. The summed E-state index contributed by atoms with van der Waals surface area (Å²) in [6.07, 6.45) is -9.23. The number of carbonyl (C=O) groups is 1. The Hall–Kier alpha value is -3.18. The molecule has 1 amide bonds. The number of amides is 1. The van der Waals surface area contributed by atoms with E-state index in [1.54, 1.807) is 0 Å². The van der Waals surface area contributed by atoms with Crippen LogP contribution in [0.3, 0.4) is 0 Å². The molecule has 0 aliphatic carbocycles. The first kappa shape index (κ1) is 23.1. The van der Waals surface area contributed by atoms with Gasteiger partial charge < -0.3 is 19.7 Å². The summed E-state index contributed by atoms with van der Waals surface area (Å²) in [5.41, 5.74) is -4.44. The molecule has 30 heavy (non-hydrogen) atoms. The number of carbonyl (C=O) groups excluding carboxylic acids is 1. The number of alkyl halides is 6. The van der Waals surface area contributed by atoms with Crippen molar-refractivity contribution >= 4 is 5.91 Å². The summed E-state index contributed by atoms with van der Waals surface area (Å²) in [6.45, 7) is -0.0998. The van der Waals surface area contributed by atoms with Crippen molar-refractivity contribution in [2.45, 2.75) is 18.8 Å². The van der Waals surface area contributed by atoms with Crippen LogP contribution in [0.4, 0.5) is 26.3 Å². The maximum atomic E-state index is 13.0. The quantitative estimate of drug-likeness (QED) is 0.536. The number of hydrogen-bond donors (Lipinski definition) is 2. The first-order chi connectivity index (χ1) is 13.8. The van der Waals surface area contributed by atoms with Gasteiger partial charge in [0.15, 0.2) is 5.75 Å². The van der Waals surface area contributed by atoms with Crippen molar-refractivity contribution in [1.82, 2.24) is 9.88 Å². The van der Waals surface area contributed by atoms with Crippen LogP contribution in [0.25, 0.3) is 0 Å². The maximum absolute atomic E-state index is 13.0. The van der Waals surface area contributed by atoms with Crippen LogP contribution in [0.2, 0.25) is 0 Å². The molecule has 0 atom stereocenters. The smallest absolute Gasteiger partial charge is 0.431 e. The van der Waals surface area contributed by atoms with Gasteiger partial charge in [-0.15, -0.1) is 0 Å². The molecule has 0 spiro atoms. The highest BCUT2D eigenvalue weighted by atomic mass is 19.4. The molecule has 0 saturated heterocycles. The number of benzene rings is 1. The van der Waals surface area contributed by atoms with E-state index in [9.17, 15) is 41.0 Å². The zero-order valence-electron chi connectivity index (χ0n) is 15.4. The van der Waals surface area contributed by atoms with E-state index in [1.165, 1.54) is 0 Å². The molecule has 0 radical (unpaired) electrons. The second-order valence-electron chi connectivity index (χ2n) is 6.13. The van der Waals surface area contributed by atoms with Gasteiger partial charge in [-0.1, -0.05) is 0 Å². The molecule has 0 unspecified atom stereocenters. The van der Waals surface area contributed by atoms with E-state index in [-0.39, 0.29) is 29.9 Å². The van der Waals surface area contributed by atoms with Crippen molar-refractivity contribution in [3.05, 3.63) is 57.5 Å². The topological polar surface area (TPSA) is 80.6 Å². The number of aromatic nitrogens is 1. The number of nitrogens with one attached hydrogen (secondary N) is 1. The number of nitrogens with zero attached hydrogens (tertiary/aromatic N) is 1. The van der Waals surface area contributed by atoms with Crippen LogP contribution in [0, 0.1) is 0 Å². The molecule has 2 rings (SSSR count). The third-order valence-electron chi connectivity index (χ3n) is 4.00. The standard InChI is InChI=1S/C18H16F6N2O4/c1-26-13(18(22,23)24)9-12(14(27)16(26)29)15(28)25-7-2-8-30-11-5-3-10(4-6-11)17(19,20)21/h3-6,9,27H,2,7-8H2,1H3,(H,25,28). The maximum Gasteiger partial charge on any atom is 0.431 e. The minimum Gasteiger partial charge on any atom is -0.502 e. The Kier molecular flexibility index (Phi) is 6.68. The Morgan fingerprint density at radius 1 is 1.10 bits per heavy atom. The summed E-state index contributed by atoms with van der Waals surface area (Å²) in [5, 5.41) is 11.9. The molecule has 0 aliphatic rings. The highest BCUT2D eigenvalue weighted by Gasteiger charge is 2.36. The lowest BCUT2D eigenvalue weighted by molar-refractivity contribution is -0.143. The van der Waals surface area contributed by atoms with E-state index in [4.69, 9.17) is 4.74 Å². The average Bonchev–Trinajstić information content (AvgIpc) is 2.64. The van der Waals surface area contributed by atoms with Gasteiger partial charge in [-0.25, -0.2) is 0 Å². The Labute approximate surface area is 165 Å². The molecule has 0 saturated carbocycles. The monoisotopic (exact) mass is 438 g/mol. The number of rotatable bonds is 6. The highest BCUT2D eigenvalue weighted by Crippen LogP contribution is 2.31. The molecule has 0 fully saturated rings. The van der Waals surface area contributed by atoms with Gasteiger partial charge in [-0.2, -0.15) is 26.3 Å². The molecule has 164 valence electrons. The number of ether oxygens (including phenoxy) is 1. The SMILES string of the molecule is Cn1c(C(F)(F)F)cc(C(=O)NCCCOc2ccc(C(F)(F)F)cc2)c(O)c1=O. The van der Waals surface area contributed by atoms with Crippen LogP contribution >= 0.6 is 0 Å². The molecule has 2 aromatic rings. The molecule has 6 nitrogen and oxygen atoms in total. The third-order valence-corrected chi connectivity index (χ3v) is 4.00. The number of halogens is 6. The van der Waals surface area contributed by atoms with Crippen molar-refractivity contribution < 1.29 is 41.0 Å². The molecule has 12 heteroatoms. The Bertz CT molecular complexity index is 965. The first-order valence-electron chi connectivity index (χ1n) is 8.41. The molecule has 1 heterocycles. The summed E-state index contributed by atoms with van der Waals surface area (Å²) in [7, 11) is 0.811. The van der Waals surface area contributed by atoms with Crippen molar-refractivity contribution in [3.8, 4) is 11.5 Å². The second-order valence-corrected chi connectivity index (χ2v) is 6.13. The summed E-state index contributed by atoms with van der Waals surface area (Å²) >= 11 is 0. The number of pyridine rings is 1. The van der Waals surface area contributed by atoms with Crippen LogP contribution < -0.4 is 15.6 Å². The van der Waals surface area contributed by atoms with Crippen molar-refractivity contribution in [2.75, 3.05) is 13.2 Å². The third kappa shape index (κ3) is 5.45. The van der Waals surface area contributed by atoms with Gasteiger partial charge in [-0.05, 0) is 36.8 Å². The molecular formula is C18H16F6N2O4. The van der Waals surface area contributed by atoms with E-state index in [1.807, 2.05) is 0 Å². The van der Waals surface area contributed by atoms with Gasteiger partial charge in [-0.3, -0.25) is 9.59 Å². The predicted octanol–water partition coefficient (Wildman–Crippen LogP) is 3.33. The zero-order chi connectivity index (χ0) is 22.7. The van der Waals surface area contributed by atoms with Gasteiger partial charge in [0, 0.05) is 13.6 Å². The van der Waals surface area contributed by atoms with E-state index in [0.717, 1.165) is 31.3 Å². The summed E-state index contributed by atoms with van der Waals surface area (Å²) in [6, 6.07) is 4.29. The lowest BCUT2D eigenvalue weighted by Gasteiger charge is -2.14. The normalized spacial score (nSPS) is 12.0. The summed E-state index contributed by atoms with van der Waals surface area (Å²) < 4.78 is 81.7. The van der Waals surface area contributed by atoms with Crippen LogP contribution in [-0.2, 0) is 19.4 Å². The van der Waals surface area contributed by atoms with Crippen LogP contribution in [-0.4, -0.2) is 28.7 Å². The van der Waals surface area contributed by atoms with E-state index >= 15 is 0 Å². The fraction of sp³-hybridized carbons (Fsp3) is 0.333. The van der Waals surface area contributed by atoms with Crippen molar-refractivity contribution in [2.24, 2.45) is 7.05 Å².